The number of rotatable bonds is 6. The molecule has 2 aromatic rings. The lowest BCUT2D eigenvalue weighted by molar-refractivity contribution is -0.126. The molecule has 22 heavy (non-hydrogen) atoms. The van der Waals surface area contributed by atoms with Gasteiger partial charge in [0.15, 0.2) is 0 Å². The Labute approximate surface area is 133 Å². The van der Waals surface area contributed by atoms with E-state index in [2.05, 4.69) is 32.1 Å². The monoisotopic (exact) mass is 320 g/mol. The van der Waals surface area contributed by atoms with Crippen molar-refractivity contribution in [1.29, 1.82) is 0 Å². The summed E-state index contributed by atoms with van der Waals surface area (Å²) in [5, 5.41) is 11.5. The summed E-state index contributed by atoms with van der Waals surface area (Å²) in [5.74, 6) is -0.00276. The summed E-state index contributed by atoms with van der Waals surface area (Å²) >= 11 is 1.70. The van der Waals surface area contributed by atoms with Gasteiger partial charge in [-0.3, -0.25) is 14.4 Å². The molecule has 3 rings (SSSR count). The zero-order valence-electron chi connectivity index (χ0n) is 12.6. The summed E-state index contributed by atoms with van der Waals surface area (Å²) in [5.41, 5.74) is 2.37. The number of thiophene rings is 1. The molecule has 0 aromatic carbocycles. The van der Waals surface area contributed by atoms with E-state index in [9.17, 15) is 4.79 Å². The van der Waals surface area contributed by atoms with E-state index in [1.54, 1.807) is 24.6 Å². The Morgan fingerprint density at radius 2 is 2.45 bits per heavy atom. The Morgan fingerprint density at radius 1 is 1.55 bits per heavy atom. The highest BCUT2D eigenvalue weighted by Gasteiger charge is 2.30. The number of ether oxygens (including phenoxy) is 1. The maximum absolute atomic E-state index is 12.4. The number of amides is 1. The highest BCUT2D eigenvalue weighted by atomic mass is 32.1. The maximum Gasteiger partial charge on any atom is 0.246 e. The first-order chi connectivity index (χ1) is 10.8. The molecule has 1 aliphatic rings. The fraction of sp³-hybridized carbons (Fsp3) is 0.467. The third-order valence-corrected chi connectivity index (χ3v) is 4.49. The van der Waals surface area contributed by atoms with Gasteiger partial charge < -0.3 is 10.1 Å². The van der Waals surface area contributed by atoms with Gasteiger partial charge in [-0.05, 0) is 28.5 Å². The third kappa shape index (κ3) is 3.37. The lowest BCUT2D eigenvalue weighted by atomic mass is 10.1. The minimum Gasteiger partial charge on any atom is -0.383 e. The molecule has 0 spiro atoms. The number of hydrogen-bond acceptors (Lipinski definition) is 5. The minimum absolute atomic E-state index is 0.00276. The van der Waals surface area contributed by atoms with Gasteiger partial charge in [-0.15, -0.1) is 0 Å². The summed E-state index contributed by atoms with van der Waals surface area (Å²) < 4.78 is 6.82. The van der Waals surface area contributed by atoms with Crippen molar-refractivity contribution in [3.63, 3.8) is 0 Å². The molecule has 0 aliphatic carbocycles. The molecule has 2 aromatic heterocycles. The Kier molecular flexibility index (Phi) is 4.87. The van der Waals surface area contributed by atoms with Crippen molar-refractivity contribution in [2.45, 2.75) is 19.1 Å². The van der Waals surface area contributed by atoms with E-state index in [0.29, 0.717) is 19.7 Å². The highest BCUT2D eigenvalue weighted by molar-refractivity contribution is 7.07. The SMILES string of the molecule is COCCNC(=O)[C@H]1CN(Cc2ccsc2)Cc2ccnn21. The molecule has 1 atom stereocenters. The zero-order valence-corrected chi connectivity index (χ0v) is 13.4. The Bertz CT molecular complexity index is 611. The van der Waals surface area contributed by atoms with Crippen LogP contribution >= 0.6 is 11.3 Å². The van der Waals surface area contributed by atoms with Gasteiger partial charge in [0.1, 0.15) is 6.04 Å². The molecule has 0 fully saturated rings. The molecule has 1 N–H and O–H groups in total. The van der Waals surface area contributed by atoms with Gasteiger partial charge in [-0.1, -0.05) is 0 Å². The molecule has 0 saturated carbocycles. The van der Waals surface area contributed by atoms with Crippen LogP contribution in [0.2, 0.25) is 0 Å². The van der Waals surface area contributed by atoms with Crippen LogP contribution in [0.3, 0.4) is 0 Å². The molecule has 7 heteroatoms. The normalized spacial score (nSPS) is 18.1. The van der Waals surface area contributed by atoms with Crippen molar-refractivity contribution >= 4 is 17.2 Å². The summed E-state index contributed by atoms with van der Waals surface area (Å²) in [4.78, 5) is 14.7. The van der Waals surface area contributed by atoms with Gasteiger partial charge in [0.2, 0.25) is 5.91 Å². The van der Waals surface area contributed by atoms with E-state index in [-0.39, 0.29) is 11.9 Å². The summed E-state index contributed by atoms with van der Waals surface area (Å²) in [7, 11) is 1.63. The number of nitrogens with zero attached hydrogens (tertiary/aromatic N) is 3. The van der Waals surface area contributed by atoms with Crippen molar-refractivity contribution in [1.82, 2.24) is 20.0 Å². The zero-order chi connectivity index (χ0) is 15.4. The molecule has 0 unspecified atom stereocenters. The standard InChI is InChI=1S/C15H20N4O2S/c1-21-6-5-16-15(20)14-10-18(8-12-3-7-22-11-12)9-13-2-4-17-19(13)14/h2-4,7,11,14H,5-6,8-10H2,1H3,(H,16,20)/t14-/m1/s1. The second kappa shape index (κ2) is 7.04. The summed E-state index contributed by atoms with van der Waals surface area (Å²) in [6.45, 7) is 3.38. The van der Waals surface area contributed by atoms with Gasteiger partial charge in [-0.25, -0.2) is 0 Å². The van der Waals surface area contributed by atoms with Crippen LogP contribution in [0.4, 0.5) is 0 Å². The number of methoxy groups -OCH3 is 1. The fourth-order valence-electron chi connectivity index (χ4n) is 2.71. The molecule has 3 heterocycles. The molecule has 6 nitrogen and oxygen atoms in total. The molecular weight excluding hydrogens is 300 g/mol. The van der Waals surface area contributed by atoms with Crippen LogP contribution in [0.5, 0.6) is 0 Å². The molecule has 118 valence electrons. The third-order valence-electron chi connectivity index (χ3n) is 3.76. The minimum atomic E-state index is -0.283. The van der Waals surface area contributed by atoms with Crippen molar-refractivity contribution in [3.8, 4) is 0 Å². The first-order valence-corrected chi connectivity index (χ1v) is 8.24. The smallest absolute Gasteiger partial charge is 0.246 e. The van der Waals surface area contributed by atoms with Crippen molar-refractivity contribution in [3.05, 3.63) is 40.3 Å². The average molecular weight is 320 g/mol. The van der Waals surface area contributed by atoms with Gasteiger partial charge in [0, 0.05) is 39.5 Å². The van der Waals surface area contributed by atoms with Crippen LogP contribution in [0, 0.1) is 0 Å². The van der Waals surface area contributed by atoms with Crippen LogP contribution in [-0.2, 0) is 22.6 Å². The van der Waals surface area contributed by atoms with Crippen molar-refractivity contribution in [2.24, 2.45) is 0 Å². The van der Waals surface area contributed by atoms with Crippen LogP contribution in [0.15, 0.2) is 29.1 Å². The van der Waals surface area contributed by atoms with E-state index in [4.69, 9.17) is 4.74 Å². The molecule has 0 saturated heterocycles. The number of aromatic nitrogens is 2. The van der Waals surface area contributed by atoms with Crippen LogP contribution < -0.4 is 5.32 Å². The Hall–Kier alpha value is -1.70. The summed E-state index contributed by atoms with van der Waals surface area (Å²) in [6.07, 6.45) is 1.76. The molecule has 0 radical (unpaired) electrons. The molecular formula is C15H20N4O2S. The van der Waals surface area contributed by atoms with Gasteiger partial charge >= 0.3 is 0 Å². The number of fused-ring (bicyclic) bond motifs is 1. The largest absolute Gasteiger partial charge is 0.383 e. The van der Waals surface area contributed by atoms with Crippen LogP contribution in [0.1, 0.15) is 17.3 Å². The van der Waals surface area contributed by atoms with Crippen LogP contribution in [0.25, 0.3) is 0 Å². The molecule has 1 aliphatic heterocycles. The van der Waals surface area contributed by atoms with Gasteiger partial charge in [0.25, 0.3) is 0 Å². The fourth-order valence-corrected chi connectivity index (χ4v) is 3.37. The second-order valence-electron chi connectivity index (χ2n) is 5.37. The first-order valence-electron chi connectivity index (χ1n) is 7.30. The maximum atomic E-state index is 12.4. The van der Waals surface area contributed by atoms with Crippen LogP contribution in [-0.4, -0.2) is 47.4 Å². The van der Waals surface area contributed by atoms with E-state index in [1.165, 1.54) is 5.56 Å². The lowest BCUT2D eigenvalue weighted by Gasteiger charge is -2.33. The number of carbonyl (C=O) groups is 1. The van der Waals surface area contributed by atoms with Gasteiger partial charge in [-0.2, -0.15) is 16.4 Å². The number of nitrogens with one attached hydrogen (secondary N) is 1. The highest BCUT2D eigenvalue weighted by Crippen LogP contribution is 2.22. The Balaban J connectivity index is 1.70. The van der Waals surface area contributed by atoms with E-state index in [0.717, 1.165) is 18.8 Å². The molecule has 1 amide bonds. The van der Waals surface area contributed by atoms with E-state index < -0.39 is 0 Å². The number of carbonyl (C=O) groups excluding carboxylic acids is 1. The van der Waals surface area contributed by atoms with Crippen molar-refractivity contribution < 1.29 is 9.53 Å². The lowest BCUT2D eigenvalue weighted by Crippen LogP contribution is -2.45. The van der Waals surface area contributed by atoms with Gasteiger partial charge in [0.05, 0.1) is 12.3 Å². The summed E-state index contributed by atoms with van der Waals surface area (Å²) in [6, 6.07) is 3.83. The number of hydrogen-bond donors (Lipinski definition) is 1. The average Bonchev–Trinajstić information content (AvgIpc) is 3.17. The predicted octanol–water partition coefficient (Wildman–Crippen LogP) is 1.26. The second-order valence-corrected chi connectivity index (χ2v) is 6.15. The van der Waals surface area contributed by atoms with Crippen molar-refractivity contribution in [2.75, 3.05) is 26.8 Å². The first kappa shape index (κ1) is 15.2. The Morgan fingerprint density at radius 3 is 3.23 bits per heavy atom. The predicted molar refractivity (Wildman–Crippen MR) is 84.6 cm³/mol. The van der Waals surface area contributed by atoms with E-state index >= 15 is 0 Å². The van der Waals surface area contributed by atoms with E-state index in [1.807, 2.05) is 10.7 Å². The molecule has 0 bridgehead atoms. The quantitative estimate of drug-likeness (QED) is 0.814. The topological polar surface area (TPSA) is 59.4 Å².